The molecule has 0 unspecified atom stereocenters. The van der Waals surface area contributed by atoms with Gasteiger partial charge in [-0.05, 0) is 56.6 Å². The maximum absolute atomic E-state index is 15.5. The molecule has 0 aliphatic carbocycles. The topological polar surface area (TPSA) is 56.1 Å². The lowest BCUT2D eigenvalue weighted by Crippen LogP contribution is -2.31. The molecule has 0 amide bonds. The van der Waals surface area contributed by atoms with Crippen LogP contribution in [0.1, 0.15) is 12.8 Å². The Morgan fingerprint density at radius 3 is 2.57 bits per heavy atom. The monoisotopic (exact) mass is 497 g/mol. The minimum Gasteiger partial charge on any atom is -0.329 e. The van der Waals surface area contributed by atoms with Gasteiger partial charge in [0.2, 0.25) is 5.69 Å². The molecule has 4 heterocycles. The van der Waals surface area contributed by atoms with Crippen molar-refractivity contribution in [1.82, 2.24) is 29.2 Å². The molecule has 6 rings (SSSR count). The maximum Gasteiger partial charge on any atom is 0.222 e. The van der Waals surface area contributed by atoms with Crippen LogP contribution in [0.15, 0.2) is 49.1 Å². The molecule has 7 nitrogen and oxygen atoms in total. The Bertz CT molecular complexity index is 1690. The minimum atomic E-state index is -0.635. The normalized spacial score (nSPS) is 15.0. The number of hydrogen-bond acceptors (Lipinski definition) is 4. The zero-order chi connectivity index (χ0) is 25.7. The molecule has 37 heavy (non-hydrogen) atoms. The van der Waals surface area contributed by atoms with Gasteiger partial charge in [-0.25, -0.2) is 18.6 Å². The first-order valence-electron chi connectivity index (χ1n) is 12.2. The summed E-state index contributed by atoms with van der Waals surface area (Å²) in [6, 6.07) is 7.58. The molecule has 1 fully saturated rings. The molecule has 1 aliphatic heterocycles. The fraction of sp³-hybridized carbons (Fsp3) is 0.286. The van der Waals surface area contributed by atoms with Crippen molar-refractivity contribution in [1.29, 1.82) is 0 Å². The van der Waals surface area contributed by atoms with Crippen molar-refractivity contribution in [3.63, 3.8) is 0 Å². The Kier molecular flexibility index (Phi) is 5.69. The number of benzene rings is 2. The third-order valence-electron chi connectivity index (χ3n) is 7.41. The van der Waals surface area contributed by atoms with Crippen molar-refractivity contribution in [3.05, 3.63) is 72.1 Å². The smallest absolute Gasteiger partial charge is 0.222 e. The number of piperidine rings is 1. The second-order valence-electron chi connectivity index (χ2n) is 9.80. The number of hydrogen-bond donors (Lipinski definition) is 0. The van der Waals surface area contributed by atoms with Crippen molar-refractivity contribution < 1.29 is 8.78 Å². The predicted octanol–water partition coefficient (Wildman–Crippen LogP) is 5.82. The molecule has 0 N–H and O–H groups in total. The van der Waals surface area contributed by atoms with Gasteiger partial charge in [0.05, 0.1) is 42.0 Å². The van der Waals surface area contributed by atoms with Crippen molar-refractivity contribution in [2.45, 2.75) is 19.4 Å². The lowest BCUT2D eigenvalue weighted by Gasteiger charge is -2.29. The number of nitrogens with zero attached hydrogens (tertiary/aromatic N) is 7. The highest BCUT2D eigenvalue weighted by atomic mass is 19.1. The van der Waals surface area contributed by atoms with Crippen LogP contribution < -0.4 is 0 Å². The van der Waals surface area contributed by atoms with E-state index in [4.69, 9.17) is 16.5 Å². The third kappa shape index (κ3) is 4.03. The second-order valence-corrected chi connectivity index (χ2v) is 9.80. The summed E-state index contributed by atoms with van der Waals surface area (Å²) in [6.45, 7) is 10.1. The number of likely N-dealkylation sites (tertiary alicyclic amines) is 1. The summed E-state index contributed by atoms with van der Waals surface area (Å²) < 4.78 is 33.9. The summed E-state index contributed by atoms with van der Waals surface area (Å²) in [7, 11) is 3.90. The lowest BCUT2D eigenvalue weighted by molar-refractivity contribution is 0.206. The van der Waals surface area contributed by atoms with E-state index in [0.717, 1.165) is 43.4 Å². The average molecular weight is 498 g/mol. The van der Waals surface area contributed by atoms with Crippen LogP contribution in [-0.4, -0.2) is 49.4 Å². The first-order valence-corrected chi connectivity index (χ1v) is 12.2. The van der Waals surface area contributed by atoms with E-state index in [1.165, 1.54) is 18.2 Å². The van der Waals surface area contributed by atoms with E-state index in [0.29, 0.717) is 33.8 Å². The van der Waals surface area contributed by atoms with Gasteiger partial charge in [0.25, 0.3) is 0 Å². The van der Waals surface area contributed by atoms with Crippen molar-refractivity contribution in [2.24, 2.45) is 13.0 Å². The molecule has 1 saturated heterocycles. The first kappa shape index (κ1) is 23.3. The highest BCUT2D eigenvalue weighted by Gasteiger charge is 2.23. The Labute approximate surface area is 212 Å². The number of halogens is 2. The summed E-state index contributed by atoms with van der Waals surface area (Å²) >= 11 is 0. The Morgan fingerprint density at radius 1 is 1.00 bits per heavy atom. The van der Waals surface area contributed by atoms with Gasteiger partial charge in [0, 0.05) is 36.2 Å². The van der Waals surface area contributed by atoms with E-state index in [2.05, 4.69) is 26.5 Å². The number of rotatable bonds is 4. The standard InChI is InChI=1S/C28H25F2N7/c1-31-23-5-4-18(11-22(23)30)26-27(20-10-19-13-34-36(3)24(19)12-21(20)29)32-14-25-28(26)33-16-37(25)15-17-6-8-35(2)9-7-17/h4-5,10-14,16-17H,6-9,15H2,2-3H3. The number of fused-ring (bicyclic) bond motifs is 2. The van der Waals surface area contributed by atoms with E-state index < -0.39 is 11.6 Å². The SMILES string of the molecule is [C-]#[N+]c1ccc(-c2c(-c3cc4cnn(C)c4cc3F)ncc3c2ncn3CC2CCN(C)CC2)cc1F. The fourth-order valence-electron chi connectivity index (χ4n) is 5.28. The van der Waals surface area contributed by atoms with Crippen LogP contribution in [0.25, 0.3) is 49.2 Å². The Balaban J connectivity index is 1.54. The molecular formula is C28H25F2N7. The number of aryl methyl sites for hydroxylation is 1. The van der Waals surface area contributed by atoms with Gasteiger partial charge in [-0.3, -0.25) is 9.67 Å². The van der Waals surface area contributed by atoms with E-state index in [1.54, 1.807) is 42.6 Å². The Morgan fingerprint density at radius 2 is 1.81 bits per heavy atom. The maximum atomic E-state index is 15.5. The number of pyridine rings is 1. The van der Waals surface area contributed by atoms with Gasteiger partial charge in [-0.15, -0.1) is 0 Å². The van der Waals surface area contributed by atoms with Crippen LogP contribution in [0.4, 0.5) is 14.5 Å². The van der Waals surface area contributed by atoms with Crippen molar-refractivity contribution in [2.75, 3.05) is 20.1 Å². The molecule has 1 aliphatic rings. The van der Waals surface area contributed by atoms with Crippen LogP contribution in [0, 0.1) is 24.1 Å². The summed E-state index contributed by atoms with van der Waals surface area (Å²) in [5, 5.41) is 5.00. The van der Waals surface area contributed by atoms with Crippen LogP contribution in [0.2, 0.25) is 0 Å². The summed E-state index contributed by atoms with van der Waals surface area (Å²) in [5.41, 5.74) is 3.73. The lowest BCUT2D eigenvalue weighted by atomic mass is 9.96. The molecule has 0 radical (unpaired) electrons. The summed E-state index contributed by atoms with van der Waals surface area (Å²) in [5.74, 6) is -0.560. The van der Waals surface area contributed by atoms with Gasteiger partial charge in [0.15, 0.2) is 0 Å². The molecule has 0 saturated carbocycles. The number of imidazole rings is 1. The molecule has 0 bridgehead atoms. The number of aromatic nitrogens is 5. The van der Waals surface area contributed by atoms with Gasteiger partial charge in [-0.1, -0.05) is 12.1 Å². The van der Waals surface area contributed by atoms with Gasteiger partial charge >= 0.3 is 0 Å². The van der Waals surface area contributed by atoms with Gasteiger partial charge < -0.3 is 9.47 Å². The van der Waals surface area contributed by atoms with Crippen molar-refractivity contribution >= 4 is 27.6 Å². The predicted molar refractivity (Wildman–Crippen MR) is 139 cm³/mol. The van der Waals surface area contributed by atoms with Gasteiger partial charge in [-0.2, -0.15) is 5.10 Å². The largest absolute Gasteiger partial charge is 0.329 e. The molecule has 5 aromatic rings. The second kappa shape index (κ2) is 9.05. The minimum absolute atomic E-state index is 0.0683. The molecule has 2 aromatic carbocycles. The Hall–Kier alpha value is -4.16. The molecule has 3 aromatic heterocycles. The highest BCUT2D eigenvalue weighted by molar-refractivity contribution is 6.00. The van der Waals surface area contributed by atoms with Gasteiger partial charge in [0.1, 0.15) is 17.2 Å². The summed E-state index contributed by atoms with van der Waals surface area (Å²) in [6.07, 6.45) is 7.41. The third-order valence-corrected chi connectivity index (χ3v) is 7.41. The van der Waals surface area contributed by atoms with E-state index in [9.17, 15) is 4.39 Å². The zero-order valence-electron chi connectivity index (χ0n) is 20.6. The van der Waals surface area contributed by atoms with Crippen LogP contribution >= 0.6 is 0 Å². The molecule has 9 heteroatoms. The summed E-state index contributed by atoms with van der Waals surface area (Å²) in [4.78, 5) is 15.0. The van der Waals surface area contributed by atoms with Crippen LogP contribution in [0.3, 0.4) is 0 Å². The van der Waals surface area contributed by atoms with Crippen molar-refractivity contribution in [3.8, 4) is 22.4 Å². The first-order chi connectivity index (χ1) is 17.9. The average Bonchev–Trinajstić information content (AvgIpc) is 3.47. The highest BCUT2D eigenvalue weighted by Crippen LogP contribution is 2.39. The quantitative estimate of drug-likeness (QED) is 0.294. The molecular weight excluding hydrogens is 472 g/mol. The zero-order valence-corrected chi connectivity index (χ0v) is 20.6. The molecule has 0 atom stereocenters. The van der Waals surface area contributed by atoms with E-state index in [1.807, 2.05) is 0 Å². The van der Waals surface area contributed by atoms with Crippen LogP contribution in [-0.2, 0) is 13.6 Å². The van der Waals surface area contributed by atoms with E-state index in [-0.39, 0.29) is 11.3 Å². The fourth-order valence-corrected chi connectivity index (χ4v) is 5.28. The van der Waals surface area contributed by atoms with E-state index >= 15 is 4.39 Å². The van der Waals surface area contributed by atoms with Crippen LogP contribution in [0.5, 0.6) is 0 Å². The molecule has 0 spiro atoms. The molecule has 186 valence electrons.